The van der Waals surface area contributed by atoms with Crippen LogP contribution in [-0.4, -0.2) is 0 Å². The van der Waals surface area contributed by atoms with Gasteiger partial charge in [0.25, 0.3) is 0 Å². The molecule has 78 valence electrons. The third-order valence-electron chi connectivity index (χ3n) is 2.38. The quantitative estimate of drug-likeness (QED) is 0.635. The molecule has 0 aliphatic rings. The summed E-state index contributed by atoms with van der Waals surface area (Å²) in [5.41, 5.74) is 3.95. The van der Waals surface area contributed by atoms with Gasteiger partial charge in [0, 0.05) is 9.35 Å². The second kappa shape index (κ2) is 4.40. The maximum absolute atomic E-state index is 3.53. The smallest absolute Gasteiger partial charge is 0.0707 e. The predicted octanol–water partition coefficient (Wildman–Crippen LogP) is 5.56. The van der Waals surface area contributed by atoms with Gasteiger partial charge in [-0.3, -0.25) is 0 Å². The SMILES string of the molecule is Cc1ccc(Br)cc1-c1cc(Br)sc1C. The van der Waals surface area contributed by atoms with Crippen molar-refractivity contribution in [3.8, 4) is 11.1 Å². The Labute approximate surface area is 111 Å². The molecule has 0 radical (unpaired) electrons. The Kier molecular flexibility index (Phi) is 3.33. The van der Waals surface area contributed by atoms with Gasteiger partial charge in [-0.2, -0.15) is 0 Å². The largest absolute Gasteiger partial charge is 0.133 e. The van der Waals surface area contributed by atoms with E-state index in [2.05, 4.69) is 70.0 Å². The maximum atomic E-state index is 3.53. The van der Waals surface area contributed by atoms with Gasteiger partial charge in [-0.1, -0.05) is 22.0 Å². The van der Waals surface area contributed by atoms with E-state index in [0.717, 1.165) is 4.47 Å². The Hall–Kier alpha value is -0.120. The number of hydrogen-bond acceptors (Lipinski definition) is 1. The minimum atomic E-state index is 1.13. The first kappa shape index (κ1) is 11.4. The summed E-state index contributed by atoms with van der Waals surface area (Å²) < 4.78 is 2.32. The van der Waals surface area contributed by atoms with Gasteiger partial charge in [0.2, 0.25) is 0 Å². The molecular formula is C12H10Br2S. The molecule has 0 N–H and O–H groups in total. The van der Waals surface area contributed by atoms with E-state index in [9.17, 15) is 0 Å². The normalized spacial score (nSPS) is 10.7. The lowest BCUT2D eigenvalue weighted by atomic mass is 10.0. The van der Waals surface area contributed by atoms with Crippen molar-refractivity contribution in [1.82, 2.24) is 0 Å². The summed E-state index contributed by atoms with van der Waals surface area (Å²) in [5, 5.41) is 0. The third-order valence-corrected chi connectivity index (χ3v) is 4.42. The summed E-state index contributed by atoms with van der Waals surface area (Å²) in [6.45, 7) is 4.30. The topological polar surface area (TPSA) is 0 Å². The zero-order chi connectivity index (χ0) is 11.0. The Bertz CT molecular complexity index is 500. The summed E-state index contributed by atoms with van der Waals surface area (Å²) in [5.74, 6) is 0. The molecule has 0 saturated carbocycles. The highest BCUT2D eigenvalue weighted by atomic mass is 79.9. The highest BCUT2D eigenvalue weighted by Crippen LogP contribution is 2.36. The highest BCUT2D eigenvalue weighted by Gasteiger charge is 2.08. The minimum Gasteiger partial charge on any atom is -0.133 e. The lowest BCUT2D eigenvalue weighted by Gasteiger charge is -2.05. The molecule has 0 bridgehead atoms. The van der Waals surface area contributed by atoms with Crippen molar-refractivity contribution in [2.75, 3.05) is 0 Å². The molecule has 0 aliphatic carbocycles. The van der Waals surface area contributed by atoms with Crippen LogP contribution in [0.25, 0.3) is 11.1 Å². The van der Waals surface area contributed by atoms with Gasteiger partial charge in [0.05, 0.1) is 3.79 Å². The van der Waals surface area contributed by atoms with Gasteiger partial charge >= 0.3 is 0 Å². The van der Waals surface area contributed by atoms with Crippen molar-refractivity contribution in [1.29, 1.82) is 0 Å². The molecule has 0 amide bonds. The number of hydrogen-bond donors (Lipinski definition) is 0. The van der Waals surface area contributed by atoms with Crippen LogP contribution in [0.3, 0.4) is 0 Å². The van der Waals surface area contributed by atoms with Crippen LogP contribution in [0, 0.1) is 13.8 Å². The molecule has 1 aromatic carbocycles. The number of benzene rings is 1. The Balaban J connectivity index is 2.62. The Morgan fingerprint density at radius 2 is 1.73 bits per heavy atom. The fourth-order valence-electron chi connectivity index (χ4n) is 1.60. The van der Waals surface area contributed by atoms with Gasteiger partial charge in [0.1, 0.15) is 0 Å². The summed E-state index contributed by atoms with van der Waals surface area (Å²) in [4.78, 5) is 1.35. The second-order valence-electron chi connectivity index (χ2n) is 3.48. The fourth-order valence-corrected chi connectivity index (χ4v) is 3.66. The Morgan fingerprint density at radius 3 is 2.33 bits per heavy atom. The molecule has 0 aliphatic heterocycles. The van der Waals surface area contributed by atoms with Crippen LogP contribution in [0.1, 0.15) is 10.4 Å². The van der Waals surface area contributed by atoms with E-state index in [-0.39, 0.29) is 0 Å². The minimum absolute atomic E-state index is 1.13. The molecule has 3 heteroatoms. The highest BCUT2D eigenvalue weighted by molar-refractivity contribution is 9.11. The van der Waals surface area contributed by atoms with E-state index in [4.69, 9.17) is 0 Å². The molecule has 1 aromatic heterocycles. The Morgan fingerprint density at radius 1 is 1.00 bits per heavy atom. The van der Waals surface area contributed by atoms with Gasteiger partial charge < -0.3 is 0 Å². The van der Waals surface area contributed by atoms with Crippen LogP contribution in [0.4, 0.5) is 0 Å². The first-order valence-electron chi connectivity index (χ1n) is 4.60. The van der Waals surface area contributed by atoms with E-state index in [1.54, 1.807) is 11.3 Å². The standard InChI is InChI=1S/C12H10Br2S/c1-7-3-4-9(13)5-10(7)11-6-12(14)15-8(11)2/h3-6H,1-2H3. The third kappa shape index (κ3) is 2.35. The van der Waals surface area contributed by atoms with Crippen LogP contribution in [0.5, 0.6) is 0 Å². The van der Waals surface area contributed by atoms with Gasteiger partial charge in [-0.25, -0.2) is 0 Å². The van der Waals surface area contributed by atoms with E-state index in [1.165, 1.54) is 25.4 Å². The first-order chi connectivity index (χ1) is 7.08. The maximum Gasteiger partial charge on any atom is 0.0707 e. The predicted molar refractivity (Wildman–Crippen MR) is 74.6 cm³/mol. The molecule has 0 nitrogen and oxygen atoms in total. The zero-order valence-corrected chi connectivity index (χ0v) is 12.5. The number of thiophene rings is 1. The molecule has 0 fully saturated rings. The molecule has 0 atom stereocenters. The molecule has 2 rings (SSSR count). The van der Waals surface area contributed by atoms with Crippen molar-refractivity contribution in [3.63, 3.8) is 0 Å². The summed E-state index contributed by atoms with van der Waals surface area (Å²) in [6, 6.07) is 8.59. The van der Waals surface area contributed by atoms with Crippen LogP contribution >= 0.6 is 43.2 Å². The van der Waals surface area contributed by atoms with E-state index < -0.39 is 0 Å². The fraction of sp³-hybridized carbons (Fsp3) is 0.167. The molecule has 0 saturated heterocycles. The van der Waals surface area contributed by atoms with Crippen LogP contribution in [0.15, 0.2) is 32.5 Å². The molecule has 1 heterocycles. The molecule has 15 heavy (non-hydrogen) atoms. The summed E-state index contributed by atoms with van der Waals surface area (Å²) >= 11 is 8.83. The van der Waals surface area contributed by atoms with E-state index in [1.807, 2.05) is 0 Å². The number of halogens is 2. The molecule has 2 aromatic rings. The first-order valence-corrected chi connectivity index (χ1v) is 7.00. The van der Waals surface area contributed by atoms with Crippen molar-refractivity contribution >= 4 is 43.2 Å². The molecule has 0 unspecified atom stereocenters. The number of aryl methyl sites for hydroxylation is 2. The van der Waals surface area contributed by atoms with Gasteiger partial charge in [0.15, 0.2) is 0 Å². The average Bonchev–Trinajstić information content (AvgIpc) is 2.50. The van der Waals surface area contributed by atoms with Gasteiger partial charge in [-0.15, -0.1) is 11.3 Å². The van der Waals surface area contributed by atoms with Crippen molar-refractivity contribution in [2.24, 2.45) is 0 Å². The van der Waals surface area contributed by atoms with Crippen molar-refractivity contribution in [2.45, 2.75) is 13.8 Å². The van der Waals surface area contributed by atoms with Crippen molar-refractivity contribution < 1.29 is 0 Å². The number of rotatable bonds is 1. The summed E-state index contributed by atoms with van der Waals surface area (Å²) in [7, 11) is 0. The zero-order valence-electron chi connectivity index (χ0n) is 8.47. The van der Waals surface area contributed by atoms with Crippen molar-refractivity contribution in [3.05, 3.63) is 43.0 Å². The van der Waals surface area contributed by atoms with Crippen LogP contribution < -0.4 is 0 Å². The van der Waals surface area contributed by atoms with E-state index >= 15 is 0 Å². The lowest BCUT2D eigenvalue weighted by molar-refractivity contribution is 1.44. The molecular weight excluding hydrogens is 336 g/mol. The van der Waals surface area contributed by atoms with Crippen LogP contribution in [-0.2, 0) is 0 Å². The summed E-state index contributed by atoms with van der Waals surface area (Å²) in [6.07, 6.45) is 0. The van der Waals surface area contributed by atoms with E-state index in [0.29, 0.717) is 0 Å². The monoisotopic (exact) mass is 344 g/mol. The lowest BCUT2D eigenvalue weighted by Crippen LogP contribution is -1.82. The van der Waals surface area contributed by atoms with Crippen LogP contribution in [0.2, 0.25) is 0 Å². The average molecular weight is 346 g/mol. The second-order valence-corrected chi connectivity index (χ2v) is 7.03. The van der Waals surface area contributed by atoms with Gasteiger partial charge in [-0.05, 0) is 64.7 Å². The molecule has 0 spiro atoms.